The van der Waals surface area contributed by atoms with Crippen LogP contribution in [-0.2, 0) is 0 Å². The van der Waals surface area contributed by atoms with Gasteiger partial charge in [0.25, 0.3) is 5.56 Å². The molecule has 0 radical (unpaired) electrons. The lowest BCUT2D eigenvalue weighted by Crippen LogP contribution is -2.30. The molecule has 0 saturated carbocycles. The molecule has 7 heteroatoms. The summed E-state index contributed by atoms with van der Waals surface area (Å²) in [5, 5.41) is 16.5. The SMILES string of the molecule is CC(=O)c1c(-c2ccccc2)nn(C(C)C)c(=O)c1Nc1ccc(C(=O)O)cc1. The van der Waals surface area contributed by atoms with E-state index >= 15 is 0 Å². The number of aromatic carboxylic acids is 1. The van der Waals surface area contributed by atoms with E-state index in [1.54, 1.807) is 12.1 Å². The van der Waals surface area contributed by atoms with Gasteiger partial charge in [0.1, 0.15) is 11.4 Å². The summed E-state index contributed by atoms with van der Waals surface area (Å²) in [5.74, 6) is -1.34. The first-order valence-electron chi connectivity index (χ1n) is 9.13. The number of anilines is 2. The molecule has 1 heterocycles. The molecule has 0 bridgehead atoms. The number of carbonyl (C=O) groups excluding carboxylic acids is 1. The lowest BCUT2D eigenvalue weighted by atomic mass is 10.0. The molecule has 7 nitrogen and oxygen atoms in total. The second-order valence-electron chi connectivity index (χ2n) is 6.87. The van der Waals surface area contributed by atoms with E-state index in [1.807, 2.05) is 44.2 Å². The number of Topliss-reactive ketones (excluding diaryl/α,β-unsaturated/α-hetero) is 1. The Morgan fingerprint density at radius 2 is 1.66 bits per heavy atom. The first-order valence-corrected chi connectivity index (χ1v) is 9.13. The summed E-state index contributed by atoms with van der Waals surface area (Å²) in [7, 11) is 0. The van der Waals surface area contributed by atoms with Crippen molar-refractivity contribution in [3.05, 3.63) is 76.1 Å². The first-order chi connectivity index (χ1) is 13.8. The summed E-state index contributed by atoms with van der Waals surface area (Å²) in [5.41, 5.74) is 1.64. The van der Waals surface area contributed by atoms with Gasteiger partial charge < -0.3 is 10.4 Å². The van der Waals surface area contributed by atoms with E-state index in [2.05, 4.69) is 10.4 Å². The number of aromatic nitrogens is 2. The minimum Gasteiger partial charge on any atom is -0.478 e. The molecule has 0 saturated heterocycles. The number of benzene rings is 2. The molecular weight excluding hydrogens is 370 g/mol. The molecule has 0 spiro atoms. The van der Waals surface area contributed by atoms with Crippen LogP contribution in [0, 0.1) is 0 Å². The van der Waals surface area contributed by atoms with Gasteiger partial charge in [-0.3, -0.25) is 9.59 Å². The Bertz CT molecular complexity index is 1120. The van der Waals surface area contributed by atoms with Crippen molar-refractivity contribution in [2.75, 3.05) is 5.32 Å². The van der Waals surface area contributed by atoms with Crippen LogP contribution in [0.4, 0.5) is 11.4 Å². The van der Waals surface area contributed by atoms with Crippen LogP contribution < -0.4 is 10.9 Å². The average Bonchev–Trinajstić information content (AvgIpc) is 2.69. The van der Waals surface area contributed by atoms with Crippen LogP contribution in [0.3, 0.4) is 0 Å². The van der Waals surface area contributed by atoms with Gasteiger partial charge in [-0.25, -0.2) is 9.48 Å². The molecule has 0 aliphatic heterocycles. The van der Waals surface area contributed by atoms with Crippen molar-refractivity contribution in [2.45, 2.75) is 26.8 Å². The zero-order valence-corrected chi connectivity index (χ0v) is 16.3. The standard InChI is InChI=1S/C22H21N3O4/c1-13(2)25-21(27)20(23-17-11-9-16(10-12-17)22(28)29)18(14(3)26)19(24-25)15-7-5-4-6-8-15/h4-13,23H,1-3H3,(H,28,29). The first kappa shape index (κ1) is 20.0. The topological polar surface area (TPSA) is 101 Å². The van der Waals surface area contributed by atoms with E-state index in [4.69, 9.17) is 5.11 Å². The van der Waals surface area contributed by atoms with Gasteiger partial charge in [-0.05, 0) is 45.0 Å². The fraction of sp³-hybridized carbons (Fsp3) is 0.182. The molecule has 0 fully saturated rings. The lowest BCUT2D eigenvalue weighted by Gasteiger charge is -2.18. The summed E-state index contributed by atoms with van der Waals surface area (Å²) in [4.78, 5) is 36.7. The van der Waals surface area contributed by atoms with Crippen LogP contribution in [0.1, 0.15) is 47.5 Å². The van der Waals surface area contributed by atoms with Gasteiger partial charge in [0.2, 0.25) is 0 Å². The molecule has 0 unspecified atom stereocenters. The molecule has 0 aliphatic carbocycles. The number of rotatable bonds is 6. The summed E-state index contributed by atoms with van der Waals surface area (Å²) >= 11 is 0. The maximum absolute atomic E-state index is 13.1. The predicted molar refractivity (Wildman–Crippen MR) is 111 cm³/mol. The van der Waals surface area contributed by atoms with Crippen LogP contribution in [0.25, 0.3) is 11.3 Å². The highest BCUT2D eigenvalue weighted by Gasteiger charge is 2.23. The molecular formula is C22H21N3O4. The van der Waals surface area contributed by atoms with E-state index in [0.29, 0.717) is 11.4 Å². The Morgan fingerprint density at radius 3 is 2.17 bits per heavy atom. The van der Waals surface area contributed by atoms with Crippen molar-refractivity contribution in [1.29, 1.82) is 0 Å². The molecule has 3 aromatic rings. The third-order valence-electron chi connectivity index (χ3n) is 4.41. The molecule has 2 N–H and O–H groups in total. The third kappa shape index (κ3) is 4.08. The second kappa shape index (κ2) is 8.10. The Morgan fingerprint density at radius 1 is 1.03 bits per heavy atom. The molecule has 2 aromatic carbocycles. The fourth-order valence-corrected chi connectivity index (χ4v) is 2.99. The highest BCUT2D eigenvalue weighted by molar-refractivity contribution is 6.05. The molecule has 148 valence electrons. The highest BCUT2D eigenvalue weighted by Crippen LogP contribution is 2.28. The largest absolute Gasteiger partial charge is 0.478 e. The summed E-state index contributed by atoms with van der Waals surface area (Å²) in [6.45, 7) is 5.06. The number of hydrogen-bond acceptors (Lipinski definition) is 5. The summed E-state index contributed by atoms with van der Waals surface area (Å²) < 4.78 is 1.34. The minimum absolute atomic E-state index is 0.114. The molecule has 3 rings (SSSR count). The van der Waals surface area contributed by atoms with E-state index in [-0.39, 0.29) is 28.6 Å². The predicted octanol–water partition coefficient (Wildman–Crippen LogP) is 4.14. The number of ketones is 1. The maximum Gasteiger partial charge on any atom is 0.335 e. The van der Waals surface area contributed by atoms with Gasteiger partial charge in [0.05, 0.1) is 17.2 Å². The second-order valence-corrected chi connectivity index (χ2v) is 6.87. The normalized spacial score (nSPS) is 10.8. The van der Waals surface area contributed by atoms with Crippen molar-refractivity contribution in [3.8, 4) is 11.3 Å². The van der Waals surface area contributed by atoms with Crippen molar-refractivity contribution in [3.63, 3.8) is 0 Å². The molecule has 0 aliphatic rings. The number of nitrogens with one attached hydrogen (secondary N) is 1. The zero-order chi connectivity index (χ0) is 21.1. The van der Waals surface area contributed by atoms with Crippen LogP contribution in [0.2, 0.25) is 0 Å². The minimum atomic E-state index is -1.04. The third-order valence-corrected chi connectivity index (χ3v) is 4.41. The monoisotopic (exact) mass is 391 g/mol. The van der Waals surface area contributed by atoms with Crippen LogP contribution >= 0.6 is 0 Å². The molecule has 29 heavy (non-hydrogen) atoms. The number of carboxylic acid groups (broad SMARTS) is 1. The fourth-order valence-electron chi connectivity index (χ4n) is 2.99. The number of hydrogen-bond donors (Lipinski definition) is 2. The summed E-state index contributed by atoms with van der Waals surface area (Å²) in [6.07, 6.45) is 0. The van der Waals surface area contributed by atoms with Gasteiger partial charge in [-0.15, -0.1) is 0 Å². The van der Waals surface area contributed by atoms with Crippen LogP contribution in [-0.4, -0.2) is 26.6 Å². The van der Waals surface area contributed by atoms with Gasteiger partial charge in [0, 0.05) is 11.3 Å². The van der Waals surface area contributed by atoms with E-state index < -0.39 is 11.5 Å². The Kier molecular flexibility index (Phi) is 5.59. The Hall–Kier alpha value is -3.74. The zero-order valence-electron chi connectivity index (χ0n) is 16.3. The van der Waals surface area contributed by atoms with Gasteiger partial charge in [0.15, 0.2) is 5.78 Å². The Labute approximate surface area is 167 Å². The Balaban J connectivity index is 2.23. The van der Waals surface area contributed by atoms with Gasteiger partial charge >= 0.3 is 5.97 Å². The average molecular weight is 391 g/mol. The summed E-state index contributed by atoms with van der Waals surface area (Å²) in [6, 6.07) is 14.9. The molecule has 0 atom stereocenters. The van der Waals surface area contributed by atoms with Crippen molar-refractivity contribution in [2.24, 2.45) is 0 Å². The van der Waals surface area contributed by atoms with E-state index in [0.717, 1.165) is 5.56 Å². The lowest BCUT2D eigenvalue weighted by molar-refractivity contribution is 0.0696. The molecule has 0 amide bonds. The quantitative estimate of drug-likeness (QED) is 0.613. The van der Waals surface area contributed by atoms with Gasteiger partial charge in [-0.2, -0.15) is 5.10 Å². The highest BCUT2D eigenvalue weighted by atomic mass is 16.4. The van der Waals surface area contributed by atoms with Crippen LogP contribution in [0.5, 0.6) is 0 Å². The number of nitrogens with zero attached hydrogens (tertiary/aromatic N) is 2. The molecule has 1 aromatic heterocycles. The van der Waals surface area contributed by atoms with Gasteiger partial charge in [-0.1, -0.05) is 30.3 Å². The van der Waals surface area contributed by atoms with E-state index in [9.17, 15) is 14.4 Å². The smallest absolute Gasteiger partial charge is 0.335 e. The number of carboxylic acids is 1. The van der Waals surface area contributed by atoms with Crippen molar-refractivity contribution >= 4 is 23.1 Å². The number of carbonyl (C=O) groups is 2. The van der Waals surface area contributed by atoms with Crippen LogP contribution in [0.15, 0.2) is 59.4 Å². The van der Waals surface area contributed by atoms with Crippen molar-refractivity contribution < 1.29 is 14.7 Å². The maximum atomic E-state index is 13.1. The van der Waals surface area contributed by atoms with Crippen molar-refractivity contribution in [1.82, 2.24) is 9.78 Å². The van der Waals surface area contributed by atoms with E-state index in [1.165, 1.54) is 23.7 Å².